The molecule has 2 aliphatic carbocycles. The van der Waals surface area contributed by atoms with Gasteiger partial charge < -0.3 is 19.1 Å². The number of hydrogen-bond donors (Lipinski definition) is 0. The van der Waals surface area contributed by atoms with Gasteiger partial charge >= 0.3 is 6.09 Å². The normalized spacial score (nSPS) is 19.5. The van der Waals surface area contributed by atoms with Gasteiger partial charge in [-0.25, -0.2) is 4.79 Å². The molecule has 0 atom stereocenters. The Bertz CT molecular complexity index is 1680. The number of carbonyl (C=O) groups is 2. The van der Waals surface area contributed by atoms with Gasteiger partial charge in [0, 0.05) is 84.5 Å². The molecule has 4 heterocycles. The van der Waals surface area contributed by atoms with Crippen LogP contribution < -0.4 is 0 Å². The Morgan fingerprint density at radius 3 is 2.37 bits per heavy atom. The highest BCUT2D eigenvalue weighted by molar-refractivity contribution is 6.05. The van der Waals surface area contributed by atoms with Gasteiger partial charge in [-0.2, -0.15) is 0 Å². The third kappa shape index (κ3) is 6.46. The van der Waals surface area contributed by atoms with Crippen molar-refractivity contribution in [2.45, 2.75) is 91.3 Å². The average molecular weight is 624 g/mol. The second-order valence-corrected chi connectivity index (χ2v) is 14.8. The number of ether oxygens (including phenoxy) is 1. The van der Waals surface area contributed by atoms with Crippen molar-refractivity contribution < 1.29 is 14.3 Å². The van der Waals surface area contributed by atoms with Gasteiger partial charge in [-0.1, -0.05) is 19.1 Å². The Morgan fingerprint density at radius 2 is 1.70 bits per heavy atom. The van der Waals surface area contributed by atoms with Crippen LogP contribution in [0.15, 0.2) is 36.4 Å². The fraction of sp³-hybridized carbons (Fsp3) is 0.553. The minimum absolute atomic E-state index is 0.112. The van der Waals surface area contributed by atoms with Crippen LogP contribution in [0, 0.1) is 12.8 Å². The summed E-state index contributed by atoms with van der Waals surface area (Å²) < 4.78 is 8.24. The van der Waals surface area contributed by atoms with Crippen molar-refractivity contribution in [1.29, 1.82) is 0 Å². The van der Waals surface area contributed by atoms with E-state index in [0.717, 1.165) is 102 Å². The van der Waals surface area contributed by atoms with E-state index in [1.807, 2.05) is 37.5 Å². The van der Waals surface area contributed by atoms with Crippen LogP contribution in [0.2, 0.25) is 0 Å². The van der Waals surface area contributed by atoms with E-state index in [0.29, 0.717) is 19.0 Å². The van der Waals surface area contributed by atoms with Crippen molar-refractivity contribution in [3.8, 4) is 11.1 Å². The molecule has 0 N–H and O–H groups in total. The number of benzene rings is 1. The van der Waals surface area contributed by atoms with Gasteiger partial charge in [0.15, 0.2) is 0 Å². The van der Waals surface area contributed by atoms with Crippen LogP contribution in [0.1, 0.15) is 87.2 Å². The molecular weight excluding hydrogens is 574 g/mol. The van der Waals surface area contributed by atoms with E-state index in [1.54, 1.807) is 0 Å². The van der Waals surface area contributed by atoms with Crippen LogP contribution in [0.25, 0.3) is 27.6 Å². The summed E-state index contributed by atoms with van der Waals surface area (Å²) in [6, 6.07) is 11.5. The number of carbonyl (C=O) groups excluding carboxylic acids is 2. The average Bonchev–Trinajstić information content (AvgIpc) is 3.98. The standard InChI is InChI=1S/C38H49N5O3/c1-6-33-31(14-9-25(2)39-33)32-21-29(36(44)41-18-16-40(17-19-41)30-12-13-30)20-28-22-34(43(35(28)32)23-26-10-11-26)27-8-7-15-42(24-27)37(45)46-38(3,4)5/h8-9,14,20-22,26,30H,6-7,10-13,15-19,23-24H2,1-5H3. The summed E-state index contributed by atoms with van der Waals surface area (Å²) in [5, 5.41) is 1.08. The van der Waals surface area contributed by atoms with E-state index >= 15 is 0 Å². The summed E-state index contributed by atoms with van der Waals surface area (Å²) in [5.74, 6) is 0.750. The molecule has 1 saturated heterocycles. The zero-order valence-corrected chi connectivity index (χ0v) is 28.3. The molecule has 1 aromatic carbocycles. The van der Waals surface area contributed by atoms with E-state index in [-0.39, 0.29) is 12.0 Å². The molecule has 2 amide bonds. The maximum absolute atomic E-state index is 14.2. The number of amides is 2. The molecule has 0 bridgehead atoms. The van der Waals surface area contributed by atoms with Crippen LogP contribution >= 0.6 is 0 Å². The van der Waals surface area contributed by atoms with Crippen molar-refractivity contribution in [3.63, 3.8) is 0 Å². The lowest BCUT2D eigenvalue weighted by molar-refractivity contribution is 0.0272. The highest BCUT2D eigenvalue weighted by Gasteiger charge is 2.34. The van der Waals surface area contributed by atoms with Crippen LogP contribution in [-0.2, 0) is 17.7 Å². The molecule has 7 rings (SSSR count). The predicted molar refractivity (Wildman–Crippen MR) is 183 cm³/mol. The molecule has 0 spiro atoms. The number of fused-ring (bicyclic) bond motifs is 1. The first-order valence-electron chi connectivity index (χ1n) is 17.4. The van der Waals surface area contributed by atoms with Crippen molar-refractivity contribution in [2.75, 3.05) is 39.3 Å². The Hall–Kier alpha value is -3.65. The highest BCUT2D eigenvalue weighted by Crippen LogP contribution is 2.40. The monoisotopic (exact) mass is 623 g/mol. The molecular formula is C38H49N5O3. The van der Waals surface area contributed by atoms with Crippen LogP contribution in [0.3, 0.4) is 0 Å². The van der Waals surface area contributed by atoms with Crippen molar-refractivity contribution in [3.05, 3.63) is 59.1 Å². The van der Waals surface area contributed by atoms with Gasteiger partial charge in [0.2, 0.25) is 0 Å². The first-order chi connectivity index (χ1) is 22.1. The topological polar surface area (TPSA) is 70.9 Å². The number of rotatable bonds is 7. The van der Waals surface area contributed by atoms with E-state index in [4.69, 9.17) is 9.72 Å². The summed E-state index contributed by atoms with van der Waals surface area (Å²) in [5.41, 5.74) is 7.87. The van der Waals surface area contributed by atoms with Crippen LogP contribution in [0.5, 0.6) is 0 Å². The highest BCUT2D eigenvalue weighted by atomic mass is 16.6. The van der Waals surface area contributed by atoms with Gasteiger partial charge in [-0.3, -0.25) is 14.7 Å². The Labute approximate surface area is 273 Å². The lowest BCUT2D eigenvalue weighted by Crippen LogP contribution is -2.49. The van der Waals surface area contributed by atoms with Crippen LogP contribution in [-0.4, -0.2) is 87.2 Å². The molecule has 8 nitrogen and oxygen atoms in total. The smallest absolute Gasteiger partial charge is 0.410 e. The fourth-order valence-corrected chi connectivity index (χ4v) is 7.21. The van der Waals surface area contributed by atoms with Crippen molar-refractivity contribution >= 4 is 28.5 Å². The molecule has 0 radical (unpaired) electrons. The second kappa shape index (κ2) is 12.2. The molecule has 3 fully saturated rings. The van der Waals surface area contributed by atoms with E-state index < -0.39 is 5.60 Å². The summed E-state index contributed by atoms with van der Waals surface area (Å²) in [7, 11) is 0. The third-order valence-corrected chi connectivity index (χ3v) is 9.91. The number of nitrogens with zero attached hydrogens (tertiary/aromatic N) is 5. The number of hydrogen-bond acceptors (Lipinski definition) is 5. The van der Waals surface area contributed by atoms with Crippen molar-refractivity contribution in [1.82, 2.24) is 24.3 Å². The maximum atomic E-state index is 14.2. The summed E-state index contributed by atoms with van der Waals surface area (Å²) in [4.78, 5) is 38.6. The van der Waals surface area contributed by atoms with Gasteiger partial charge in [-0.05, 0) is 102 Å². The fourth-order valence-electron chi connectivity index (χ4n) is 7.21. The quantitative estimate of drug-likeness (QED) is 0.286. The first kappa shape index (κ1) is 31.0. The molecule has 8 heteroatoms. The molecule has 2 aromatic heterocycles. The molecule has 2 aliphatic heterocycles. The lowest BCUT2D eigenvalue weighted by Gasteiger charge is -2.35. The molecule has 3 aromatic rings. The minimum Gasteiger partial charge on any atom is -0.444 e. The zero-order chi connectivity index (χ0) is 32.2. The van der Waals surface area contributed by atoms with Crippen molar-refractivity contribution in [2.24, 2.45) is 5.92 Å². The Balaban J connectivity index is 1.32. The van der Waals surface area contributed by atoms with Gasteiger partial charge in [-0.15, -0.1) is 0 Å². The largest absolute Gasteiger partial charge is 0.444 e. The molecule has 4 aliphatic rings. The summed E-state index contributed by atoms with van der Waals surface area (Å²) in [6.07, 6.45) is 8.66. The van der Waals surface area contributed by atoms with E-state index in [2.05, 4.69) is 52.8 Å². The Kier molecular flexibility index (Phi) is 8.20. The van der Waals surface area contributed by atoms with Crippen LogP contribution in [0.4, 0.5) is 4.79 Å². The third-order valence-electron chi connectivity index (χ3n) is 9.91. The molecule has 0 unspecified atom stereocenters. The maximum Gasteiger partial charge on any atom is 0.410 e. The Morgan fingerprint density at radius 1 is 0.935 bits per heavy atom. The minimum atomic E-state index is -0.541. The molecule has 46 heavy (non-hydrogen) atoms. The second-order valence-electron chi connectivity index (χ2n) is 14.8. The summed E-state index contributed by atoms with van der Waals surface area (Å²) >= 11 is 0. The zero-order valence-electron chi connectivity index (χ0n) is 28.3. The van der Waals surface area contributed by atoms with Gasteiger partial charge in [0.1, 0.15) is 5.60 Å². The number of aryl methyl sites for hydroxylation is 2. The molecule has 2 saturated carbocycles. The molecule has 244 valence electrons. The van der Waals surface area contributed by atoms with E-state index in [9.17, 15) is 9.59 Å². The number of piperazine rings is 1. The van der Waals surface area contributed by atoms with Gasteiger partial charge in [0.05, 0.1) is 12.1 Å². The first-order valence-corrected chi connectivity index (χ1v) is 17.4. The number of aromatic nitrogens is 2. The lowest BCUT2D eigenvalue weighted by atomic mass is 9.96. The SMILES string of the molecule is CCc1nc(C)ccc1-c1cc(C(=O)N2CCN(C3CC3)CC2)cc2cc(C3=CCCN(C(=O)OC(C)(C)C)C3)n(CC3CC3)c12. The number of pyridine rings is 1. The summed E-state index contributed by atoms with van der Waals surface area (Å²) in [6.45, 7) is 15.5. The van der Waals surface area contributed by atoms with Gasteiger partial charge in [0.25, 0.3) is 5.91 Å². The predicted octanol–water partition coefficient (Wildman–Crippen LogP) is 6.93. The van der Waals surface area contributed by atoms with E-state index in [1.165, 1.54) is 25.7 Å².